The van der Waals surface area contributed by atoms with E-state index in [2.05, 4.69) is 5.32 Å². The van der Waals surface area contributed by atoms with Gasteiger partial charge in [-0.05, 0) is 25.0 Å². The summed E-state index contributed by atoms with van der Waals surface area (Å²) in [6.07, 6.45) is 0. The Hall–Kier alpha value is -2.62. The number of carbonyl (C=O) groups is 2. The van der Waals surface area contributed by atoms with Crippen molar-refractivity contribution < 1.29 is 14.3 Å². The average molecular weight is 311 g/mol. The molecule has 0 saturated heterocycles. The van der Waals surface area contributed by atoms with E-state index in [1.54, 1.807) is 13.8 Å². The topological polar surface area (TPSA) is 55.4 Å². The zero-order chi connectivity index (χ0) is 16.9. The molecule has 0 radical (unpaired) electrons. The highest BCUT2D eigenvalue weighted by Crippen LogP contribution is 2.25. The quantitative estimate of drug-likeness (QED) is 0.864. The van der Waals surface area contributed by atoms with Crippen molar-refractivity contribution in [1.29, 1.82) is 0 Å². The van der Waals surface area contributed by atoms with Gasteiger partial charge in [-0.2, -0.15) is 0 Å². The van der Waals surface area contributed by atoms with Gasteiger partial charge < -0.3 is 10.1 Å². The largest absolute Gasteiger partial charge is 0.467 e. The molecule has 0 aliphatic rings. The third-order valence-electron chi connectivity index (χ3n) is 3.66. The number of rotatable bonds is 5. The number of benzene rings is 2. The van der Waals surface area contributed by atoms with Crippen LogP contribution in [0.1, 0.15) is 30.9 Å². The standard InChI is InChI=1S/C19H21NO3/c1-19(2,18(22)23-3)20-17(21)16(14-10-6-4-7-11-14)15-12-8-5-9-13-15/h4-13,16H,1-3H3,(H,20,21). The molecule has 0 aliphatic heterocycles. The minimum absolute atomic E-state index is 0.238. The Balaban J connectivity index is 2.35. The highest BCUT2D eigenvalue weighted by molar-refractivity contribution is 5.92. The van der Waals surface area contributed by atoms with Crippen LogP contribution in [0.25, 0.3) is 0 Å². The predicted molar refractivity (Wildman–Crippen MR) is 89.0 cm³/mol. The van der Waals surface area contributed by atoms with E-state index in [-0.39, 0.29) is 5.91 Å². The summed E-state index contributed by atoms with van der Waals surface area (Å²) in [5.41, 5.74) is 0.655. The van der Waals surface area contributed by atoms with Crippen LogP contribution in [0.15, 0.2) is 60.7 Å². The highest BCUT2D eigenvalue weighted by atomic mass is 16.5. The second-order valence-corrected chi connectivity index (χ2v) is 5.86. The van der Waals surface area contributed by atoms with E-state index < -0.39 is 17.4 Å². The number of carbonyl (C=O) groups excluding carboxylic acids is 2. The molecule has 0 saturated carbocycles. The number of hydrogen-bond donors (Lipinski definition) is 1. The lowest BCUT2D eigenvalue weighted by Gasteiger charge is -2.26. The van der Waals surface area contributed by atoms with E-state index in [9.17, 15) is 9.59 Å². The van der Waals surface area contributed by atoms with Gasteiger partial charge in [0, 0.05) is 0 Å². The first-order chi connectivity index (χ1) is 11.0. The predicted octanol–water partition coefficient (Wildman–Crippen LogP) is 2.89. The number of amides is 1. The molecule has 2 rings (SSSR count). The summed E-state index contributed by atoms with van der Waals surface area (Å²) in [5.74, 6) is -1.20. The zero-order valence-electron chi connectivity index (χ0n) is 13.6. The normalized spacial score (nSPS) is 11.1. The fraction of sp³-hybridized carbons (Fsp3) is 0.263. The van der Waals surface area contributed by atoms with Crippen molar-refractivity contribution in [2.45, 2.75) is 25.3 Å². The van der Waals surface area contributed by atoms with Crippen LogP contribution in [0.5, 0.6) is 0 Å². The molecular weight excluding hydrogens is 290 g/mol. The number of ether oxygens (including phenoxy) is 1. The van der Waals surface area contributed by atoms with Gasteiger partial charge in [0.05, 0.1) is 13.0 Å². The number of nitrogens with one attached hydrogen (secondary N) is 1. The van der Waals surface area contributed by atoms with Gasteiger partial charge >= 0.3 is 5.97 Å². The summed E-state index contributed by atoms with van der Waals surface area (Å²) < 4.78 is 4.75. The maximum absolute atomic E-state index is 12.9. The fourth-order valence-electron chi connectivity index (χ4n) is 2.47. The Bertz CT molecular complexity index is 626. The Morgan fingerprint density at radius 2 is 1.35 bits per heavy atom. The van der Waals surface area contributed by atoms with Gasteiger partial charge in [0.15, 0.2) is 0 Å². The number of esters is 1. The van der Waals surface area contributed by atoms with Crippen molar-refractivity contribution in [2.75, 3.05) is 7.11 Å². The van der Waals surface area contributed by atoms with Crippen LogP contribution in [0, 0.1) is 0 Å². The molecule has 0 unspecified atom stereocenters. The van der Waals surface area contributed by atoms with E-state index in [1.807, 2.05) is 60.7 Å². The van der Waals surface area contributed by atoms with Gasteiger partial charge in [-0.15, -0.1) is 0 Å². The molecule has 2 aromatic carbocycles. The third-order valence-corrected chi connectivity index (χ3v) is 3.66. The molecule has 0 aliphatic carbocycles. The molecule has 23 heavy (non-hydrogen) atoms. The molecule has 0 bridgehead atoms. The van der Waals surface area contributed by atoms with Crippen molar-refractivity contribution in [1.82, 2.24) is 5.32 Å². The van der Waals surface area contributed by atoms with Gasteiger partial charge in [0.2, 0.25) is 5.91 Å². The summed E-state index contributed by atoms with van der Waals surface area (Å²) in [6, 6.07) is 19.0. The minimum Gasteiger partial charge on any atom is -0.467 e. The molecule has 0 spiro atoms. The molecule has 0 atom stereocenters. The first-order valence-electron chi connectivity index (χ1n) is 7.46. The van der Waals surface area contributed by atoms with Crippen LogP contribution >= 0.6 is 0 Å². The van der Waals surface area contributed by atoms with Crippen LogP contribution in [-0.4, -0.2) is 24.5 Å². The van der Waals surface area contributed by atoms with Crippen LogP contribution in [0.3, 0.4) is 0 Å². The third kappa shape index (κ3) is 3.97. The average Bonchev–Trinajstić information content (AvgIpc) is 2.55. The van der Waals surface area contributed by atoms with Crippen LogP contribution in [0.4, 0.5) is 0 Å². The van der Waals surface area contributed by atoms with E-state index in [1.165, 1.54) is 7.11 Å². The van der Waals surface area contributed by atoms with Crippen molar-refractivity contribution in [3.8, 4) is 0 Å². The van der Waals surface area contributed by atoms with Gasteiger partial charge in [-0.25, -0.2) is 4.79 Å². The Kier molecular flexibility index (Phi) is 5.16. The SMILES string of the molecule is COC(=O)C(C)(C)NC(=O)C(c1ccccc1)c1ccccc1. The first kappa shape index (κ1) is 16.7. The highest BCUT2D eigenvalue weighted by Gasteiger charge is 2.34. The van der Waals surface area contributed by atoms with Crippen LogP contribution in [-0.2, 0) is 14.3 Å². The Morgan fingerprint density at radius 3 is 1.74 bits per heavy atom. The van der Waals surface area contributed by atoms with E-state index >= 15 is 0 Å². The second kappa shape index (κ2) is 7.09. The monoisotopic (exact) mass is 311 g/mol. The van der Waals surface area contributed by atoms with E-state index in [0.717, 1.165) is 11.1 Å². The van der Waals surface area contributed by atoms with E-state index in [4.69, 9.17) is 4.74 Å². The number of methoxy groups -OCH3 is 1. The molecule has 4 nitrogen and oxygen atoms in total. The minimum atomic E-state index is -1.09. The lowest BCUT2D eigenvalue weighted by atomic mass is 9.89. The summed E-state index contributed by atoms with van der Waals surface area (Å²) in [7, 11) is 1.31. The zero-order valence-corrected chi connectivity index (χ0v) is 13.6. The molecule has 0 fully saturated rings. The van der Waals surface area contributed by atoms with Crippen LogP contribution < -0.4 is 5.32 Å². The van der Waals surface area contributed by atoms with Crippen molar-refractivity contribution in [3.63, 3.8) is 0 Å². The molecule has 2 aromatic rings. The van der Waals surface area contributed by atoms with Gasteiger partial charge in [-0.3, -0.25) is 4.79 Å². The lowest BCUT2D eigenvalue weighted by molar-refractivity contribution is -0.149. The van der Waals surface area contributed by atoms with Crippen molar-refractivity contribution in [2.24, 2.45) is 0 Å². The van der Waals surface area contributed by atoms with Crippen molar-refractivity contribution in [3.05, 3.63) is 71.8 Å². The van der Waals surface area contributed by atoms with E-state index in [0.29, 0.717) is 0 Å². The molecule has 0 heterocycles. The molecule has 4 heteroatoms. The molecular formula is C19H21NO3. The molecule has 1 N–H and O–H groups in total. The first-order valence-corrected chi connectivity index (χ1v) is 7.46. The fourth-order valence-corrected chi connectivity index (χ4v) is 2.47. The maximum atomic E-state index is 12.9. The molecule has 0 aromatic heterocycles. The van der Waals surface area contributed by atoms with Crippen molar-refractivity contribution >= 4 is 11.9 Å². The Morgan fingerprint density at radius 1 is 0.913 bits per heavy atom. The van der Waals surface area contributed by atoms with Crippen LogP contribution in [0.2, 0.25) is 0 Å². The summed E-state index contributed by atoms with van der Waals surface area (Å²) in [6.45, 7) is 3.26. The molecule has 120 valence electrons. The Labute approximate surface area is 136 Å². The smallest absolute Gasteiger partial charge is 0.330 e. The lowest BCUT2D eigenvalue weighted by Crippen LogP contribution is -2.51. The summed E-state index contributed by atoms with van der Waals surface area (Å²) >= 11 is 0. The summed E-state index contributed by atoms with van der Waals surface area (Å²) in [4.78, 5) is 24.7. The van der Waals surface area contributed by atoms with Gasteiger partial charge in [-0.1, -0.05) is 60.7 Å². The number of hydrogen-bond acceptors (Lipinski definition) is 3. The van der Waals surface area contributed by atoms with Gasteiger partial charge in [0.25, 0.3) is 0 Å². The maximum Gasteiger partial charge on any atom is 0.330 e. The second-order valence-electron chi connectivity index (χ2n) is 5.86. The van der Waals surface area contributed by atoms with Gasteiger partial charge in [0.1, 0.15) is 5.54 Å². The molecule has 1 amide bonds. The summed E-state index contributed by atoms with van der Waals surface area (Å²) in [5, 5.41) is 2.79.